The number of phenolic OH excluding ortho intramolecular Hbond substituents is 1. The normalized spacial score (nSPS) is 12.0. The van der Waals surface area contributed by atoms with Crippen LogP contribution in [0.5, 0.6) is 5.75 Å². The van der Waals surface area contributed by atoms with E-state index in [4.69, 9.17) is 0 Å². The lowest BCUT2D eigenvalue weighted by molar-refractivity contribution is 0.473. The number of rotatable bonds is 11. The average molecular weight is 312 g/mol. The van der Waals surface area contributed by atoms with Gasteiger partial charge in [0.2, 0.25) is 0 Å². The Labute approximate surface area is 142 Å². The molecular weight excluding hydrogens is 280 g/mol. The van der Waals surface area contributed by atoms with E-state index in [1.54, 1.807) is 6.07 Å². The summed E-state index contributed by atoms with van der Waals surface area (Å²) in [5.74, 6) is 0.308. The molecule has 1 aromatic rings. The molecule has 0 aromatic heterocycles. The maximum Gasteiger partial charge on any atom is 0.123 e. The fourth-order valence-corrected chi connectivity index (χ4v) is 2.64. The number of benzene rings is 1. The van der Waals surface area contributed by atoms with Crippen molar-refractivity contribution in [1.82, 2.24) is 0 Å². The molecule has 0 unspecified atom stereocenters. The number of unbranched alkanes of at least 4 members (excludes halogenated alkanes) is 7. The summed E-state index contributed by atoms with van der Waals surface area (Å²) in [6.07, 6.45) is 16.9. The molecule has 1 N–H and O–H groups in total. The number of aromatic hydroxyl groups is 1. The first kappa shape index (κ1) is 19.3. The molecule has 126 valence electrons. The van der Waals surface area contributed by atoms with E-state index < -0.39 is 0 Å². The standard InChI is InChI=1S/C22H32O/c1-4-5-6-7-8-9-10-11-12-13-16-20(19(2)3)21-17-14-15-18-22(21)23/h12-18,23H,2,4-11H2,1,3H3. The molecule has 0 aliphatic rings. The smallest absolute Gasteiger partial charge is 0.123 e. The minimum atomic E-state index is 0.308. The summed E-state index contributed by atoms with van der Waals surface area (Å²) in [4.78, 5) is 0. The first-order chi connectivity index (χ1) is 11.2. The van der Waals surface area contributed by atoms with E-state index in [0.29, 0.717) is 5.75 Å². The highest BCUT2D eigenvalue weighted by Crippen LogP contribution is 2.29. The molecule has 1 heteroatoms. The van der Waals surface area contributed by atoms with Crippen LogP contribution in [-0.2, 0) is 0 Å². The SMILES string of the molecule is C=C(C)C(=CC=CCCCCCCCCC)c1ccccc1O. The van der Waals surface area contributed by atoms with Gasteiger partial charge in [0.25, 0.3) is 0 Å². The maximum atomic E-state index is 9.99. The second-order valence-electron chi connectivity index (χ2n) is 6.22. The van der Waals surface area contributed by atoms with Crippen LogP contribution in [-0.4, -0.2) is 5.11 Å². The van der Waals surface area contributed by atoms with Crippen LogP contribution in [0.15, 0.2) is 54.6 Å². The molecule has 0 radical (unpaired) electrons. The fraction of sp³-hybridized carbons (Fsp3) is 0.455. The van der Waals surface area contributed by atoms with Crippen LogP contribution in [0.25, 0.3) is 5.57 Å². The number of phenols is 1. The molecule has 0 saturated carbocycles. The molecule has 1 aromatic carbocycles. The number of para-hydroxylation sites is 1. The van der Waals surface area contributed by atoms with Gasteiger partial charge in [0.1, 0.15) is 5.75 Å². The van der Waals surface area contributed by atoms with Crippen LogP contribution in [0.4, 0.5) is 0 Å². The van der Waals surface area contributed by atoms with Crippen molar-refractivity contribution in [3.63, 3.8) is 0 Å². The first-order valence-corrected chi connectivity index (χ1v) is 8.98. The summed E-state index contributed by atoms with van der Waals surface area (Å²) in [6.45, 7) is 8.25. The molecule has 23 heavy (non-hydrogen) atoms. The van der Waals surface area contributed by atoms with Crippen LogP contribution in [0.1, 0.15) is 70.8 Å². The minimum Gasteiger partial charge on any atom is -0.507 e. The molecule has 0 fully saturated rings. The molecule has 0 saturated heterocycles. The van der Waals surface area contributed by atoms with E-state index in [1.165, 1.54) is 44.9 Å². The predicted octanol–water partition coefficient (Wildman–Crippen LogP) is 7.05. The Morgan fingerprint density at radius 1 is 1.04 bits per heavy atom. The van der Waals surface area contributed by atoms with Gasteiger partial charge in [-0.15, -0.1) is 0 Å². The average Bonchev–Trinajstić information content (AvgIpc) is 2.53. The van der Waals surface area contributed by atoms with E-state index in [9.17, 15) is 5.11 Å². The number of hydrogen-bond acceptors (Lipinski definition) is 1. The summed E-state index contributed by atoms with van der Waals surface area (Å²) < 4.78 is 0. The maximum absolute atomic E-state index is 9.99. The molecule has 1 rings (SSSR count). The van der Waals surface area contributed by atoms with Crippen LogP contribution in [0, 0.1) is 0 Å². The summed E-state index contributed by atoms with van der Waals surface area (Å²) in [5, 5.41) is 9.99. The third-order valence-corrected chi connectivity index (χ3v) is 4.03. The summed E-state index contributed by atoms with van der Waals surface area (Å²) in [7, 11) is 0. The second-order valence-corrected chi connectivity index (χ2v) is 6.22. The Kier molecular flexibility index (Phi) is 9.86. The van der Waals surface area contributed by atoms with Crippen molar-refractivity contribution in [2.24, 2.45) is 0 Å². The van der Waals surface area contributed by atoms with Gasteiger partial charge < -0.3 is 5.11 Å². The number of hydrogen-bond donors (Lipinski definition) is 1. The Morgan fingerprint density at radius 3 is 2.35 bits per heavy atom. The van der Waals surface area contributed by atoms with Crippen LogP contribution in [0.3, 0.4) is 0 Å². The second kappa shape index (κ2) is 11.8. The van der Waals surface area contributed by atoms with Gasteiger partial charge in [0.05, 0.1) is 0 Å². The predicted molar refractivity (Wildman–Crippen MR) is 103 cm³/mol. The Hall–Kier alpha value is -1.76. The topological polar surface area (TPSA) is 20.2 Å². The Morgan fingerprint density at radius 2 is 1.70 bits per heavy atom. The van der Waals surface area contributed by atoms with E-state index in [1.807, 2.05) is 25.1 Å². The van der Waals surface area contributed by atoms with Crippen LogP contribution < -0.4 is 0 Å². The van der Waals surface area contributed by atoms with Crippen molar-refractivity contribution < 1.29 is 5.11 Å². The molecule has 0 aliphatic heterocycles. The van der Waals surface area contributed by atoms with Crippen molar-refractivity contribution in [3.8, 4) is 5.75 Å². The van der Waals surface area contributed by atoms with Gasteiger partial charge in [-0.05, 0) is 31.4 Å². The van der Waals surface area contributed by atoms with Gasteiger partial charge in [-0.2, -0.15) is 0 Å². The van der Waals surface area contributed by atoms with E-state index in [-0.39, 0.29) is 0 Å². The molecule has 0 heterocycles. The van der Waals surface area contributed by atoms with Crippen LogP contribution >= 0.6 is 0 Å². The number of allylic oxidation sites excluding steroid dienone is 5. The fourth-order valence-electron chi connectivity index (χ4n) is 2.64. The third-order valence-electron chi connectivity index (χ3n) is 4.03. The lowest BCUT2D eigenvalue weighted by atomic mass is 9.98. The lowest BCUT2D eigenvalue weighted by Gasteiger charge is -2.08. The van der Waals surface area contributed by atoms with E-state index in [0.717, 1.165) is 23.1 Å². The highest BCUT2D eigenvalue weighted by Gasteiger charge is 2.05. The summed E-state index contributed by atoms with van der Waals surface area (Å²) in [6, 6.07) is 7.42. The van der Waals surface area contributed by atoms with Gasteiger partial charge in [0, 0.05) is 5.56 Å². The molecule has 0 spiro atoms. The lowest BCUT2D eigenvalue weighted by Crippen LogP contribution is -1.86. The Balaban J connectivity index is 2.41. The van der Waals surface area contributed by atoms with E-state index >= 15 is 0 Å². The minimum absolute atomic E-state index is 0.308. The summed E-state index contributed by atoms with van der Waals surface area (Å²) in [5.41, 5.74) is 2.81. The van der Waals surface area contributed by atoms with Gasteiger partial charge in [-0.3, -0.25) is 0 Å². The largest absolute Gasteiger partial charge is 0.507 e. The molecule has 0 atom stereocenters. The van der Waals surface area contributed by atoms with Crippen molar-refractivity contribution in [1.29, 1.82) is 0 Å². The molecule has 0 bridgehead atoms. The molecule has 0 aliphatic carbocycles. The highest BCUT2D eigenvalue weighted by molar-refractivity contribution is 5.81. The highest BCUT2D eigenvalue weighted by atomic mass is 16.3. The zero-order valence-electron chi connectivity index (χ0n) is 14.9. The van der Waals surface area contributed by atoms with Crippen molar-refractivity contribution >= 4 is 5.57 Å². The summed E-state index contributed by atoms with van der Waals surface area (Å²) >= 11 is 0. The molecular formula is C22H32O. The van der Waals surface area contributed by atoms with Crippen LogP contribution in [0.2, 0.25) is 0 Å². The van der Waals surface area contributed by atoms with Gasteiger partial charge >= 0.3 is 0 Å². The Bertz CT molecular complexity index is 523. The quantitative estimate of drug-likeness (QED) is 0.343. The van der Waals surface area contributed by atoms with Crippen molar-refractivity contribution in [3.05, 3.63) is 60.2 Å². The molecule has 0 amide bonds. The first-order valence-electron chi connectivity index (χ1n) is 8.98. The van der Waals surface area contributed by atoms with Crippen molar-refractivity contribution in [2.75, 3.05) is 0 Å². The molecule has 1 nitrogen and oxygen atoms in total. The zero-order chi connectivity index (χ0) is 16.9. The van der Waals surface area contributed by atoms with Gasteiger partial charge in [-0.1, -0.05) is 94.0 Å². The monoisotopic (exact) mass is 312 g/mol. The third kappa shape index (κ3) is 7.88. The zero-order valence-corrected chi connectivity index (χ0v) is 14.9. The van der Waals surface area contributed by atoms with Gasteiger partial charge in [-0.25, -0.2) is 0 Å². The van der Waals surface area contributed by atoms with Crippen molar-refractivity contribution in [2.45, 2.75) is 65.2 Å². The van der Waals surface area contributed by atoms with E-state index in [2.05, 4.69) is 31.7 Å². The van der Waals surface area contributed by atoms with Gasteiger partial charge in [0.15, 0.2) is 0 Å².